The fourth-order valence-corrected chi connectivity index (χ4v) is 2.80. The molecule has 3 N–H and O–H groups in total. The molecule has 1 heterocycles. The van der Waals surface area contributed by atoms with Crippen molar-refractivity contribution in [1.82, 2.24) is 4.98 Å². The molecular formula is C21H15N3O4. The summed E-state index contributed by atoms with van der Waals surface area (Å²) in [7, 11) is 0. The zero-order valence-electron chi connectivity index (χ0n) is 14.6. The summed E-state index contributed by atoms with van der Waals surface area (Å²) in [5.41, 5.74) is 2.57. The van der Waals surface area contributed by atoms with Gasteiger partial charge in [0.05, 0.1) is 16.8 Å². The van der Waals surface area contributed by atoms with Crippen LogP contribution >= 0.6 is 0 Å². The number of benzene rings is 3. The average Bonchev–Trinajstić information content (AvgIpc) is 3.08. The molecule has 4 rings (SSSR count). The maximum absolute atomic E-state index is 12.7. The number of para-hydroxylation sites is 1. The summed E-state index contributed by atoms with van der Waals surface area (Å²) in [5, 5.41) is 5.52. The molecule has 0 aliphatic heterocycles. The molecule has 0 atom stereocenters. The van der Waals surface area contributed by atoms with Crippen LogP contribution in [0.4, 0.5) is 11.4 Å². The maximum atomic E-state index is 12.7. The smallest absolute Gasteiger partial charge is 0.408 e. The minimum absolute atomic E-state index is 0.307. The summed E-state index contributed by atoms with van der Waals surface area (Å²) in [6, 6.07) is 20.3. The Labute approximate surface area is 159 Å². The molecule has 0 radical (unpaired) electrons. The van der Waals surface area contributed by atoms with Gasteiger partial charge in [0.15, 0.2) is 5.58 Å². The quantitative estimate of drug-likeness (QED) is 0.508. The highest BCUT2D eigenvalue weighted by atomic mass is 16.4. The predicted molar refractivity (Wildman–Crippen MR) is 106 cm³/mol. The zero-order valence-corrected chi connectivity index (χ0v) is 14.6. The zero-order chi connectivity index (χ0) is 19.5. The molecule has 0 fully saturated rings. The topological polar surface area (TPSA) is 104 Å². The number of carbonyl (C=O) groups excluding carboxylic acids is 2. The van der Waals surface area contributed by atoms with Crippen LogP contribution in [0, 0.1) is 0 Å². The number of H-pyrrole nitrogens is 1. The van der Waals surface area contributed by atoms with E-state index in [4.69, 9.17) is 4.42 Å². The molecule has 3 aromatic carbocycles. The lowest BCUT2D eigenvalue weighted by molar-refractivity contribution is 0.102. The van der Waals surface area contributed by atoms with Crippen LogP contribution in [0.15, 0.2) is 82.0 Å². The number of aromatic amines is 1. The van der Waals surface area contributed by atoms with Crippen LogP contribution in [-0.2, 0) is 0 Å². The van der Waals surface area contributed by atoms with Gasteiger partial charge in [0.2, 0.25) is 0 Å². The summed E-state index contributed by atoms with van der Waals surface area (Å²) >= 11 is 0. The summed E-state index contributed by atoms with van der Waals surface area (Å²) in [4.78, 5) is 38.9. The summed E-state index contributed by atoms with van der Waals surface area (Å²) in [6.07, 6.45) is 0. The standard InChI is InChI=1S/C21H15N3O4/c25-19(13-6-2-1-3-7-13)23-16-9-5-4-8-15(16)20(26)22-14-10-11-18-17(12-14)24-21(27)28-18/h1-12H,(H,22,26)(H,23,25)(H,24,27). The van der Waals surface area contributed by atoms with E-state index in [1.807, 2.05) is 6.07 Å². The first-order chi connectivity index (χ1) is 13.6. The largest absolute Gasteiger partial charge is 0.417 e. The lowest BCUT2D eigenvalue weighted by Crippen LogP contribution is -2.18. The van der Waals surface area contributed by atoms with Gasteiger partial charge in [-0.15, -0.1) is 0 Å². The van der Waals surface area contributed by atoms with E-state index in [9.17, 15) is 14.4 Å². The van der Waals surface area contributed by atoms with Crippen LogP contribution in [-0.4, -0.2) is 16.8 Å². The van der Waals surface area contributed by atoms with Crippen molar-refractivity contribution in [2.75, 3.05) is 10.6 Å². The Morgan fingerprint density at radius 2 is 1.57 bits per heavy atom. The summed E-state index contributed by atoms with van der Waals surface area (Å²) < 4.78 is 4.95. The van der Waals surface area contributed by atoms with Gasteiger partial charge in [-0.2, -0.15) is 0 Å². The number of fused-ring (bicyclic) bond motifs is 1. The second-order valence-corrected chi connectivity index (χ2v) is 6.05. The highest BCUT2D eigenvalue weighted by molar-refractivity contribution is 6.12. The van der Waals surface area contributed by atoms with Crippen LogP contribution in [0.3, 0.4) is 0 Å². The van der Waals surface area contributed by atoms with E-state index in [2.05, 4.69) is 15.6 Å². The number of rotatable bonds is 4. The first-order valence-electron chi connectivity index (χ1n) is 8.50. The van der Waals surface area contributed by atoms with Gasteiger partial charge in [-0.3, -0.25) is 14.6 Å². The SMILES string of the molecule is O=C(Nc1ccccc1C(=O)Nc1ccc2oc(=O)[nH]c2c1)c1ccccc1. The van der Waals surface area contributed by atoms with Crippen LogP contribution < -0.4 is 16.4 Å². The van der Waals surface area contributed by atoms with Gasteiger partial charge in [-0.1, -0.05) is 30.3 Å². The molecule has 2 amide bonds. The summed E-state index contributed by atoms with van der Waals surface area (Å²) in [6.45, 7) is 0. The summed E-state index contributed by atoms with van der Waals surface area (Å²) in [5.74, 6) is -1.26. The minimum Gasteiger partial charge on any atom is -0.408 e. The van der Waals surface area contributed by atoms with Gasteiger partial charge in [0.1, 0.15) is 0 Å². The van der Waals surface area contributed by atoms with Gasteiger partial charge in [0.25, 0.3) is 11.8 Å². The molecule has 138 valence electrons. The second-order valence-electron chi connectivity index (χ2n) is 6.05. The lowest BCUT2D eigenvalue weighted by Gasteiger charge is -2.11. The third-order valence-corrected chi connectivity index (χ3v) is 4.13. The number of nitrogens with one attached hydrogen (secondary N) is 3. The van der Waals surface area contributed by atoms with E-state index in [0.717, 1.165) is 0 Å². The molecule has 0 aliphatic carbocycles. The monoisotopic (exact) mass is 373 g/mol. The molecule has 0 aliphatic rings. The number of carbonyl (C=O) groups is 2. The van der Waals surface area contributed by atoms with E-state index < -0.39 is 11.7 Å². The molecule has 0 saturated heterocycles. The molecule has 0 spiro atoms. The molecule has 28 heavy (non-hydrogen) atoms. The predicted octanol–water partition coefficient (Wildman–Crippen LogP) is 3.63. The molecule has 4 aromatic rings. The van der Waals surface area contributed by atoms with Crippen molar-refractivity contribution >= 4 is 34.3 Å². The average molecular weight is 373 g/mol. The van der Waals surface area contributed by atoms with E-state index >= 15 is 0 Å². The third-order valence-electron chi connectivity index (χ3n) is 4.13. The number of oxazole rings is 1. The maximum Gasteiger partial charge on any atom is 0.417 e. The highest BCUT2D eigenvalue weighted by Gasteiger charge is 2.14. The molecular weight excluding hydrogens is 358 g/mol. The van der Waals surface area contributed by atoms with Crippen molar-refractivity contribution in [2.24, 2.45) is 0 Å². The Hall–Kier alpha value is -4.13. The van der Waals surface area contributed by atoms with E-state index in [0.29, 0.717) is 33.6 Å². The second kappa shape index (κ2) is 7.24. The van der Waals surface area contributed by atoms with Gasteiger partial charge >= 0.3 is 5.76 Å². The van der Waals surface area contributed by atoms with Gasteiger partial charge in [-0.25, -0.2) is 4.79 Å². The Balaban J connectivity index is 1.57. The first-order valence-corrected chi connectivity index (χ1v) is 8.50. The molecule has 7 nitrogen and oxygen atoms in total. The highest BCUT2D eigenvalue weighted by Crippen LogP contribution is 2.20. The van der Waals surface area contributed by atoms with Crippen molar-refractivity contribution in [3.63, 3.8) is 0 Å². The Morgan fingerprint density at radius 1 is 0.821 bits per heavy atom. The fourth-order valence-electron chi connectivity index (χ4n) is 2.80. The third kappa shape index (κ3) is 3.54. The lowest BCUT2D eigenvalue weighted by atomic mass is 10.1. The van der Waals surface area contributed by atoms with E-state index in [1.54, 1.807) is 66.7 Å². The Kier molecular flexibility index (Phi) is 4.47. The molecule has 1 aromatic heterocycles. The fraction of sp³-hybridized carbons (Fsp3) is 0. The Bertz CT molecular complexity index is 1230. The number of aromatic nitrogens is 1. The van der Waals surface area contributed by atoms with Gasteiger partial charge < -0.3 is 15.1 Å². The van der Waals surface area contributed by atoms with Crippen molar-refractivity contribution in [2.45, 2.75) is 0 Å². The molecule has 0 saturated carbocycles. The van der Waals surface area contributed by atoms with Crippen LogP contribution in [0.25, 0.3) is 11.1 Å². The van der Waals surface area contributed by atoms with Crippen molar-refractivity contribution in [3.05, 3.63) is 94.5 Å². The molecule has 7 heteroatoms. The number of hydrogen-bond acceptors (Lipinski definition) is 4. The van der Waals surface area contributed by atoms with Gasteiger partial charge in [0, 0.05) is 11.3 Å². The van der Waals surface area contributed by atoms with Crippen LogP contribution in [0.5, 0.6) is 0 Å². The minimum atomic E-state index is -0.563. The van der Waals surface area contributed by atoms with E-state index in [1.165, 1.54) is 0 Å². The molecule has 0 bridgehead atoms. The normalized spacial score (nSPS) is 10.6. The number of anilines is 2. The van der Waals surface area contributed by atoms with Crippen molar-refractivity contribution in [3.8, 4) is 0 Å². The Morgan fingerprint density at radius 3 is 2.39 bits per heavy atom. The number of hydrogen-bond donors (Lipinski definition) is 3. The van der Waals surface area contributed by atoms with Crippen LogP contribution in [0.2, 0.25) is 0 Å². The van der Waals surface area contributed by atoms with Crippen LogP contribution in [0.1, 0.15) is 20.7 Å². The van der Waals surface area contributed by atoms with Gasteiger partial charge in [-0.05, 0) is 42.5 Å². The van der Waals surface area contributed by atoms with E-state index in [-0.39, 0.29) is 5.91 Å². The molecule has 0 unspecified atom stereocenters. The number of amides is 2. The first kappa shape index (κ1) is 17.3. The van der Waals surface area contributed by atoms with Crippen molar-refractivity contribution in [1.29, 1.82) is 0 Å². The van der Waals surface area contributed by atoms with Crippen molar-refractivity contribution < 1.29 is 14.0 Å².